The summed E-state index contributed by atoms with van der Waals surface area (Å²) in [5.74, 6) is 0.374. The number of anilines is 3. The highest BCUT2D eigenvalue weighted by atomic mass is 79.9. The number of H-pyrrole nitrogens is 4. The molecule has 0 aliphatic carbocycles. The maximum absolute atomic E-state index is 13.9. The van der Waals surface area contributed by atoms with Crippen molar-refractivity contribution < 1.29 is 17.6 Å². The summed E-state index contributed by atoms with van der Waals surface area (Å²) in [6.45, 7) is 7.64. The van der Waals surface area contributed by atoms with Crippen molar-refractivity contribution >= 4 is 169 Å². The largest absolute Gasteiger partial charge is 0.360 e. The van der Waals surface area contributed by atoms with Crippen molar-refractivity contribution in [3.8, 4) is 45.0 Å². The van der Waals surface area contributed by atoms with E-state index >= 15 is 0 Å². The van der Waals surface area contributed by atoms with Gasteiger partial charge in [0, 0.05) is 28.3 Å². The van der Waals surface area contributed by atoms with Gasteiger partial charge in [-0.1, -0.05) is 119 Å². The highest BCUT2D eigenvalue weighted by Gasteiger charge is 2.25. The Labute approximate surface area is 710 Å². The molecule has 8 aromatic carbocycles. The SMILES string of the molecule is Brc1ncnc2nc[nH]c12.CC(N)c1nc2cccc(Cl)c2nc1-c1cccc(F)c1.CC(Nc1ncnc2nc[nH]c12)c1nc2cccc(Cl)c2nc1-c1cccc(F)c1.CC(Nc1ncnc2nc[nH]c12)c1nc2cccc(Cl)c2nc1-c1cccc(F)c1.C[C@H](Nc1ncnc2nc[nH]c12)c1nc2cccc(Cl)c2nc1-c1cccc(F)c1. The lowest BCUT2D eigenvalue weighted by atomic mass is 10.0. The standard InChI is InChI=1S/3C21H15ClFN7.C16H13ClFN3.C5H3BrN4/c3*1-11(28-21-19-20(25-9-24-19)26-10-27-21)16-17(12-4-2-5-13(23)8-12)30-18-14(22)6-3-7-15(18)29-16;1-9(19)14-15(10-4-2-5-11(18)8-10)21-16-12(17)6-3-7-13(16)20-14;6-4-3-5(9-1-7-3)10-2-8-4/h3*2-11H,1H3,(H2,24,25,26,27,28);2-9H,19H2,1H3;1-2H,(H,7,8,9,10)/t11-;;;;/m0..../s1. The third-order valence-corrected chi connectivity index (χ3v) is 20.5. The van der Waals surface area contributed by atoms with Crippen LogP contribution in [0, 0.1) is 23.3 Å². The molecule has 28 nitrogen and oxygen atoms in total. The lowest BCUT2D eigenvalue weighted by Gasteiger charge is -2.18. The molecular formula is C84H61BrCl4F4N28. The normalized spacial score (nSPS) is 12.2. The summed E-state index contributed by atoms with van der Waals surface area (Å²) in [5.41, 5.74) is 23.4. The third kappa shape index (κ3) is 17.8. The molecule has 0 spiro atoms. The molecule has 0 saturated carbocycles. The number of para-hydroxylation sites is 4. The van der Waals surface area contributed by atoms with Crippen molar-refractivity contribution in [3.05, 3.63) is 291 Å². The number of aromatic amines is 4. The van der Waals surface area contributed by atoms with Crippen LogP contribution in [-0.4, -0.2) is 120 Å². The van der Waals surface area contributed by atoms with Gasteiger partial charge >= 0.3 is 0 Å². The number of aromatic nitrogens is 24. The van der Waals surface area contributed by atoms with Crippen LogP contribution in [0.5, 0.6) is 0 Å². The zero-order valence-electron chi connectivity index (χ0n) is 63.5. The molecule has 12 aromatic heterocycles. The van der Waals surface area contributed by atoms with Crippen LogP contribution in [0.2, 0.25) is 20.1 Å². The first-order valence-electron chi connectivity index (χ1n) is 36.9. The number of benzene rings is 8. The number of rotatable bonds is 14. The third-order valence-electron chi connectivity index (χ3n) is 18.6. The van der Waals surface area contributed by atoms with Crippen molar-refractivity contribution in [3.63, 3.8) is 0 Å². The van der Waals surface area contributed by atoms with Gasteiger partial charge in [-0.15, -0.1) is 0 Å². The second-order valence-electron chi connectivity index (χ2n) is 26.9. The van der Waals surface area contributed by atoms with Crippen LogP contribution in [-0.2, 0) is 0 Å². The first-order valence-corrected chi connectivity index (χ1v) is 39.2. The predicted octanol–water partition coefficient (Wildman–Crippen LogP) is 20.0. The highest BCUT2D eigenvalue weighted by molar-refractivity contribution is 9.10. The Morgan fingerprint density at radius 1 is 0.314 bits per heavy atom. The fourth-order valence-corrected chi connectivity index (χ4v) is 14.3. The summed E-state index contributed by atoms with van der Waals surface area (Å²) >= 11 is 28.5. The van der Waals surface area contributed by atoms with Crippen LogP contribution in [0.4, 0.5) is 35.0 Å². The number of fused-ring (bicyclic) bond motifs is 8. The van der Waals surface area contributed by atoms with Crippen LogP contribution >= 0.6 is 62.3 Å². The van der Waals surface area contributed by atoms with E-state index in [0.717, 1.165) is 10.1 Å². The summed E-state index contributed by atoms with van der Waals surface area (Å²) in [4.78, 5) is 99.3. The molecule has 20 aromatic rings. The molecule has 9 N–H and O–H groups in total. The van der Waals surface area contributed by atoms with Gasteiger partial charge in [0.1, 0.15) is 97.3 Å². The molecule has 0 aliphatic rings. The van der Waals surface area contributed by atoms with Gasteiger partial charge in [0.2, 0.25) is 0 Å². The minimum atomic E-state index is -0.352. The van der Waals surface area contributed by atoms with E-state index in [1.165, 1.54) is 73.8 Å². The average molecular weight is 1760 g/mol. The van der Waals surface area contributed by atoms with Crippen LogP contribution in [0.3, 0.4) is 0 Å². The van der Waals surface area contributed by atoms with E-state index in [2.05, 4.69) is 122 Å². The lowest BCUT2D eigenvalue weighted by Crippen LogP contribution is -2.13. The molecule has 3 unspecified atom stereocenters. The number of nitrogens with two attached hydrogens (primary N) is 1. The van der Waals surface area contributed by atoms with E-state index in [4.69, 9.17) is 82.0 Å². The number of nitrogens with zero attached hydrogens (tertiary/aromatic N) is 20. The molecule has 4 atom stereocenters. The Balaban J connectivity index is 0.000000116. The van der Waals surface area contributed by atoms with Crippen molar-refractivity contribution in [2.24, 2.45) is 5.73 Å². The Hall–Kier alpha value is -14.0. The molecule has 121 heavy (non-hydrogen) atoms. The molecule has 0 radical (unpaired) electrons. The van der Waals surface area contributed by atoms with E-state index in [9.17, 15) is 17.6 Å². The second kappa shape index (κ2) is 35.7. The molecule has 0 aliphatic heterocycles. The minimum Gasteiger partial charge on any atom is -0.360 e. The average Bonchev–Trinajstić information content (AvgIpc) is 0.820. The molecule has 600 valence electrons. The first-order chi connectivity index (χ1) is 58.7. The molecule has 37 heteroatoms. The van der Waals surface area contributed by atoms with Gasteiger partial charge in [-0.3, -0.25) is 0 Å². The fourth-order valence-electron chi connectivity index (χ4n) is 13.0. The second-order valence-corrected chi connectivity index (χ2v) is 29.3. The first kappa shape index (κ1) is 80.8. The smallest absolute Gasteiger partial charge is 0.182 e. The number of hydrogen-bond donors (Lipinski definition) is 8. The maximum atomic E-state index is 13.9. The van der Waals surface area contributed by atoms with Gasteiger partial charge in [-0.2, -0.15) is 0 Å². The number of halogens is 9. The van der Waals surface area contributed by atoms with Gasteiger partial charge in [0.05, 0.1) is 131 Å². The van der Waals surface area contributed by atoms with E-state index < -0.39 is 0 Å². The summed E-state index contributed by atoms with van der Waals surface area (Å²) in [7, 11) is 0. The van der Waals surface area contributed by atoms with Gasteiger partial charge in [-0.05, 0) is 141 Å². The van der Waals surface area contributed by atoms with Crippen LogP contribution in [0.15, 0.2) is 225 Å². The molecule has 0 fully saturated rings. The monoisotopic (exact) mass is 1760 g/mol. The Morgan fingerprint density at radius 3 is 0.851 bits per heavy atom. The zero-order chi connectivity index (χ0) is 84.0. The van der Waals surface area contributed by atoms with Gasteiger partial charge in [0.25, 0.3) is 0 Å². The predicted molar refractivity (Wildman–Crippen MR) is 463 cm³/mol. The Kier molecular flexibility index (Phi) is 23.8. The minimum absolute atomic E-state index is 0.305. The summed E-state index contributed by atoms with van der Waals surface area (Å²) in [5, 5.41) is 12.0. The number of hydrogen-bond acceptors (Lipinski definition) is 24. The maximum Gasteiger partial charge on any atom is 0.182 e. The molecule has 0 amide bonds. The summed E-state index contributed by atoms with van der Waals surface area (Å²) in [6, 6.07) is 45.4. The van der Waals surface area contributed by atoms with Gasteiger partial charge in [-0.25, -0.2) is 117 Å². The van der Waals surface area contributed by atoms with Crippen molar-refractivity contribution in [1.29, 1.82) is 0 Å². The van der Waals surface area contributed by atoms with Crippen molar-refractivity contribution in [2.45, 2.75) is 51.9 Å². The molecular weight excluding hydrogens is 1700 g/mol. The quantitative estimate of drug-likeness (QED) is 0.0370. The Bertz CT molecular complexity index is 6720. The van der Waals surface area contributed by atoms with Crippen LogP contribution in [0.1, 0.15) is 74.6 Å². The van der Waals surface area contributed by atoms with E-state index in [1.54, 1.807) is 98.1 Å². The molecule has 12 heterocycles. The summed E-state index contributed by atoms with van der Waals surface area (Å²) in [6.07, 6.45) is 12.1. The molecule has 0 saturated heterocycles. The van der Waals surface area contributed by atoms with Crippen molar-refractivity contribution in [1.82, 2.24) is 120 Å². The van der Waals surface area contributed by atoms with Crippen molar-refractivity contribution in [2.75, 3.05) is 16.0 Å². The van der Waals surface area contributed by atoms with Crippen LogP contribution < -0.4 is 21.7 Å². The summed E-state index contributed by atoms with van der Waals surface area (Å²) < 4.78 is 56.1. The fraction of sp³-hybridized carbons (Fsp3) is 0.0952. The van der Waals surface area contributed by atoms with E-state index in [1.807, 2.05) is 76.2 Å². The highest BCUT2D eigenvalue weighted by Crippen LogP contribution is 2.38. The van der Waals surface area contributed by atoms with E-state index in [0.29, 0.717) is 189 Å². The van der Waals surface area contributed by atoms with Gasteiger partial charge in [0.15, 0.2) is 40.0 Å². The zero-order valence-corrected chi connectivity index (χ0v) is 68.1. The number of imidazole rings is 4. The number of nitrogens with one attached hydrogen (secondary N) is 7. The van der Waals surface area contributed by atoms with Crippen LogP contribution in [0.25, 0.3) is 134 Å². The van der Waals surface area contributed by atoms with E-state index in [-0.39, 0.29) is 47.4 Å². The topological polar surface area (TPSA) is 383 Å². The molecule has 20 rings (SSSR count). The Morgan fingerprint density at radius 2 is 0.570 bits per heavy atom. The lowest BCUT2D eigenvalue weighted by molar-refractivity contribution is 0.627. The van der Waals surface area contributed by atoms with Gasteiger partial charge < -0.3 is 41.6 Å². The molecule has 0 bridgehead atoms.